The maximum atomic E-state index is 9.26. The number of nitrogens with zero attached hydrogens (tertiary/aromatic N) is 3. The quantitative estimate of drug-likeness (QED) is 0.836. The van der Waals surface area contributed by atoms with Crippen molar-refractivity contribution in [3.8, 4) is 17.5 Å². The molecule has 2 heterocycles. The van der Waals surface area contributed by atoms with E-state index in [4.69, 9.17) is 4.42 Å². The summed E-state index contributed by atoms with van der Waals surface area (Å²) >= 11 is 0. The lowest BCUT2D eigenvalue weighted by Crippen LogP contribution is -2.32. The summed E-state index contributed by atoms with van der Waals surface area (Å²) in [4.78, 5) is 6.46. The number of rotatable bonds is 2. The van der Waals surface area contributed by atoms with Gasteiger partial charge in [0.1, 0.15) is 6.07 Å². The first-order valence-corrected chi connectivity index (χ1v) is 6.99. The lowest BCUT2D eigenvalue weighted by atomic mass is 9.99. The summed E-state index contributed by atoms with van der Waals surface area (Å²) in [6.07, 6.45) is 2.26. The topological polar surface area (TPSA) is 53.1 Å². The Morgan fingerprint density at radius 1 is 1.25 bits per heavy atom. The highest BCUT2D eigenvalue weighted by molar-refractivity contribution is 5.59. The monoisotopic (exact) mass is 267 g/mol. The Balaban J connectivity index is 1.92. The van der Waals surface area contributed by atoms with E-state index >= 15 is 0 Å². The van der Waals surface area contributed by atoms with Gasteiger partial charge in [-0.25, -0.2) is 0 Å². The largest absolute Gasteiger partial charge is 0.419 e. The number of anilines is 1. The predicted molar refractivity (Wildman–Crippen MR) is 77.3 cm³/mol. The van der Waals surface area contributed by atoms with Gasteiger partial charge in [0, 0.05) is 18.7 Å². The lowest BCUT2D eigenvalue weighted by Gasteiger charge is -2.29. The van der Waals surface area contributed by atoms with Crippen molar-refractivity contribution in [1.29, 1.82) is 5.26 Å². The summed E-state index contributed by atoms with van der Waals surface area (Å²) in [6, 6.07) is 11.9. The van der Waals surface area contributed by atoms with Crippen molar-refractivity contribution in [3.05, 3.63) is 36.0 Å². The van der Waals surface area contributed by atoms with Crippen LogP contribution < -0.4 is 4.90 Å². The molecule has 0 unspecified atom stereocenters. The van der Waals surface area contributed by atoms with Crippen LogP contribution in [0.25, 0.3) is 11.5 Å². The van der Waals surface area contributed by atoms with Gasteiger partial charge in [-0.05, 0) is 30.9 Å². The third-order valence-electron chi connectivity index (χ3n) is 3.81. The SMILES string of the molecule is CC1CCN(c2oc(-c3ccccc3)nc2C#N)CC1. The van der Waals surface area contributed by atoms with Gasteiger partial charge >= 0.3 is 0 Å². The molecule has 0 spiro atoms. The highest BCUT2D eigenvalue weighted by Crippen LogP contribution is 2.30. The molecule has 0 atom stereocenters. The standard InChI is InChI=1S/C16H17N3O/c1-12-7-9-19(10-8-12)16-14(11-17)18-15(20-16)13-5-3-2-4-6-13/h2-6,12H,7-10H2,1H3. The van der Waals surface area contributed by atoms with E-state index in [9.17, 15) is 5.26 Å². The Bertz CT molecular complexity index is 619. The minimum Gasteiger partial charge on any atom is -0.419 e. The molecule has 0 aliphatic carbocycles. The van der Waals surface area contributed by atoms with E-state index in [1.807, 2.05) is 30.3 Å². The molecule has 1 aromatic heterocycles. The van der Waals surface area contributed by atoms with Crippen molar-refractivity contribution in [2.45, 2.75) is 19.8 Å². The Labute approximate surface area is 118 Å². The normalized spacial score (nSPS) is 16.1. The summed E-state index contributed by atoms with van der Waals surface area (Å²) in [6.45, 7) is 4.12. The molecule has 1 aromatic carbocycles. The van der Waals surface area contributed by atoms with Crippen LogP contribution in [-0.2, 0) is 0 Å². The maximum absolute atomic E-state index is 9.26. The summed E-state index contributed by atoms with van der Waals surface area (Å²) < 4.78 is 5.86. The lowest BCUT2D eigenvalue weighted by molar-refractivity contribution is 0.418. The molecule has 0 N–H and O–H groups in total. The second-order valence-electron chi connectivity index (χ2n) is 5.32. The van der Waals surface area contributed by atoms with Crippen molar-refractivity contribution < 1.29 is 4.42 Å². The zero-order chi connectivity index (χ0) is 13.9. The molecule has 4 nitrogen and oxygen atoms in total. The zero-order valence-electron chi connectivity index (χ0n) is 11.5. The molecule has 1 aliphatic rings. The molecule has 102 valence electrons. The van der Waals surface area contributed by atoms with Crippen molar-refractivity contribution in [1.82, 2.24) is 4.98 Å². The first-order valence-electron chi connectivity index (χ1n) is 6.99. The third-order valence-corrected chi connectivity index (χ3v) is 3.81. The first kappa shape index (κ1) is 12.7. The van der Waals surface area contributed by atoms with Crippen LogP contribution >= 0.6 is 0 Å². The number of benzene rings is 1. The van der Waals surface area contributed by atoms with Crippen molar-refractivity contribution in [2.24, 2.45) is 5.92 Å². The Hall–Kier alpha value is -2.28. The second-order valence-corrected chi connectivity index (χ2v) is 5.32. The summed E-state index contributed by atoms with van der Waals surface area (Å²) in [7, 11) is 0. The van der Waals surface area contributed by atoms with Crippen LogP contribution in [0.2, 0.25) is 0 Å². The molecule has 0 bridgehead atoms. The van der Waals surface area contributed by atoms with Crippen molar-refractivity contribution in [2.75, 3.05) is 18.0 Å². The number of oxazole rings is 1. The van der Waals surface area contributed by atoms with Crippen LogP contribution in [0.5, 0.6) is 0 Å². The number of nitriles is 1. The van der Waals surface area contributed by atoms with Gasteiger partial charge in [-0.2, -0.15) is 10.2 Å². The van der Waals surface area contributed by atoms with Crippen LogP contribution in [0.1, 0.15) is 25.5 Å². The van der Waals surface area contributed by atoms with Gasteiger partial charge in [0.25, 0.3) is 0 Å². The molecule has 1 aliphatic heterocycles. The van der Waals surface area contributed by atoms with Crippen LogP contribution in [0.3, 0.4) is 0 Å². The van der Waals surface area contributed by atoms with Gasteiger partial charge in [0.05, 0.1) is 0 Å². The van der Waals surface area contributed by atoms with E-state index in [1.54, 1.807) is 0 Å². The van der Waals surface area contributed by atoms with E-state index < -0.39 is 0 Å². The molecule has 0 amide bonds. The third kappa shape index (κ3) is 2.39. The van der Waals surface area contributed by atoms with Crippen molar-refractivity contribution in [3.63, 3.8) is 0 Å². The number of hydrogen-bond donors (Lipinski definition) is 0. The maximum Gasteiger partial charge on any atom is 0.235 e. The van der Waals surface area contributed by atoms with Crippen LogP contribution in [0.4, 0.5) is 5.88 Å². The molecule has 1 saturated heterocycles. The number of aromatic nitrogens is 1. The molecule has 0 radical (unpaired) electrons. The van der Waals surface area contributed by atoms with Crippen molar-refractivity contribution >= 4 is 5.88 Å². The summed E-state index contributed by atoms with van der Waals surface area (Å²) in [5.41, 5.74) is 1.29. The molecule has 1 fully saturated rings. The highest BCUT2D eigenvalue weighted by atomic mass is 16.4. The molecule has 0 saturated carbocycles. The molecule has 2 aromatic rings. The Morgan fingerprint density at radius 3 is 2.60 bits per heavy atom. The minimum atomic E-state index is 0.387. The average Bonchev–Trinajstić information content (AvgIpc) is 2.93. The Morgan fingerprint density at radius 2 is 1.95 bits per heavy atom. The molecule has 3 rings (SSSR count). The predicted octanol–water partition coefficient (Wildman–Crippen LogP) is 3.45. The van der Waals surface area contributed by atoms with E-state index in [1.165, 1.54) is 0 Å². The molecule has 20 heavy (non-hydrogen) atoms. The second kappa shape index (κ2) is 5.38. The number of piperidine rings is 1. The highest BCUT2D eigenvalue weighted by Gasteiger charge is 2.23. The summed E-state index contributed by atoms with van der Waals surface area (Å²) in [5, 5.41) is 9.26. The fourth-order valence-corrected chi connectivity index (χ4v) is 2.52. The molecule has 4 heteroatoms. The van der Waals surface area contributed by atoms with Crippen LogP contribution in [0.15, 0.2) is 34.7 Å². The van der Waals surface area contributed by atoms with Crippen LogP contribution in [0, 0.1) is 17.2 Å². The van der Waals surface area contributed by atoms with Gasteiger partial charge < -0.3 is 9.32 Å². The summed E-state index contributed by atoms with van der Waals surface area (Å²) in [5.74, 6) is 1.89. The zero-order valence-corrected chi connectivity index (χ0v) is 11.5. The minimum absolute atomic E-state index is 0.387. The fraction of sp³-hybridized carbons (Fsp3) is 0.375. The molecular weight excluding hydrogens is 250 g/mol. The molecular formula is C16H17N3O. The number of hydrogen-bond acceptors (Lipinski definition) is 4. The van der Waals surface area contributed by atoms with E-state index in [0.29, 0.717) is 17.5 Å². The Kier molecular flexibility index (Phi) is 3.42. The van der Waals surface area contributed by atoms with E-state index in [0.717, 1.165) is 37.4 Å². The first-order chi connectivity index (χ1) is 9.78. The van der Waals surface area contributed by atoms with Crippen LogP contribution in [-0.4, -0.2) is 18.1 Å². The fourth-order valence-electron chi connectivity index (χ4n) is 2.52. The van der Waals surface area contributed by atoms with Gasteiger partial charge in [-0.3, -0.25) is 0 Å². The van der Waals surface area contributed by atoms with Gasteiger partial charge in [0.2, 0.25) is 17.5 Å². The van der Waals surface area contributed by atoms with E-state index in [2.05, 4.69) is 22.9 Å². The smallest absolute Gasteiger partial charge is 0.235 e. The van der Waals surface area contributed by atoms with E-state index in [-0.39, 0.29) is 0 Å². The van der Waals surface area contributed by atoms with Gasteiger partial charge in [0.15, 0.2) is 0 Å². The van der Waals surface area contributed by atoms with Gasteiger partial charge in [-0.1, -0.05) is 25.1 Å². The average molecular weight is 267 g/mol. The van der Waals surface area contributed by atoms with Gasteiger partial charge in [-0.15, -0.1) is 0 Å².